The van der Waals surface area contributed by atoms with E-state index < -0.39 is 0 Å². The SMILES string of the molecule is CCc1ccc(C)[n+](CC(=O)Nc2ccc(N3CCOCC3)cc2)c1. The van der Waals surface area contributed by atoms with E-state index in [0.29, 0.717) is 6.54 Å². The summed E-state index contributed by atoms with van der Waals surface area (Å²) in [5.74, 6) is -0.0134. The van der Waals surface area contributed by atoms with E-state index in [-0.39, 0.29) is 5.91 Å². The molecule has 1 aromatic heterocycles. The minimum atomic E-state index is -0.0134. The number of hydrogen-bond donors (Lipinski definition) is 1. The third-order valence-electron chi connectivity index (χ3n) is 4.56. The predicted molar refractivity (Wildman–Crippen MR) is 98.9 cm³/mol. The van der Waals surface area contributed by atoms with Crippen molar-refractivity contribution in [1.82, 2.24) is 0 Å². The van der Waals surface area contributed by atoms with Crippen LogP contribution in [0.5, 0.6) is 0 Å². The lowest BCUT2D eigenvalue weighted by Gasteiger charge is -2.28. The molecule has 3 rings (SSSR count). The second-order valence-corrected chi connectivity index (χ2v) is 6.35. The summed E-state index contributed by atoms with van der Waals surface area (Å²) in [5.41, 5.74) is 4.30. The Balaban J connectivity index is 1.61. The van der Waals surface area contributed by atoms with Gasteiger partial charge in [0.15, 0.2) is 11.9 Å². The molecular formula is C20H26N3O2+. The van der Waals surface area contributed by atoms with Crippen molar-refractivity contribution in [3.63, 3.8) is 0 Å². The Morgan fingerprint density at radius 1 is 1.16 bits per heavy atom. The van der Waals surface area contributed by atoms with E-state index in [9.17, 15) is 4.79 Å². The molecule has 2 aromatic rings. The van der Waals surface area contributed by atoms with Crippen LogP contribution in [0.3, 0.4) is 0 Å². The second-order valence-electron chi connectivity index (χ2n) is 6.35. The minimum Gasteiger partial charge on any atom is -0.378 e. The third-order valence-corrected chi connectivity index (χ3v) is 4.56. The van der Waals surface area contributed by atoms with Crippen molar-refractivity contribution in [3.05, 3.63) is 53.9 Å². The molecule has 132 valence electrons. The molecule has 1 saturated heterocycles. The van der Waals surface area contributed by atoms with Crippen LogP contribution < -0.4 is 14.8 Å². The molecule has 1 aliphatic heterocycles. The van der Waals surface area contributed by atoms with Crippen molar-refractivity contribution in [2.75, 3.05) is 36.5 Å². The van der Waals surface area contributed by atoms with E-state index in [1.165, 1.54) is 11.3 Å². The standard InChI is InChI=1S/C20H25N3O2/c1-3-17-5-4-16(2)23(14-17)15-20(24)21-18-6-8-19(9-7-18)22-10-12-25-13-11-22/h4-9,14H,3,10-13,15H2,1-2H3/p+1. The van der Waals surface area contributed by atoms with Gasteiger partial charge in [-0.25, -0.2) is 0 Å². The molecule has 5 nitrogen and oxygen atoms in total. The summed E-state index contributed by atoms with van der Waals surface area (Å²) < 4.78 is 7.38. The second kappa shape index (κ2) is 8.12. The van der Waals surface area contributed by atoms with Gasteiger partial charge in [0, 0.05) is 43.0 Å². The summed E-state index contributed by atoms with van der Waals surface area (Å²) in [6.07, 6.45) is 3.02. The van der Waals surface area contributed by atoms with Gasteiger partial charge in [-0.1, -0.05) is 6.92 Å². The Bertz CT molecular complexity index is 722. The highest BCUT2D eigenvalue weighted by Gasteiger charge is 2.14. The molecule has 0 aliphatic carbocycles. The van der Waals surface area contributed by atoms with Gasteiger partial charge in [-0.3, -0.25) is 4.79 Å². The molecule has 1 aromatic carbocycles. The van der Waals surface area contributed by atoms with Crippen LogP contribution in [-0.4, -0.2) is 32.2 Å². The third kappa shape index (κ3) is 4.57. The highest BCUT2D eigenvalue weighted by molar-refractivity contribution is 5.89. The first-order chi connectivity index (χ1) is 12.2. The molecular weight excluding hydrogens is 314 g/mol. The summed E-state index contributed by atoms with van der Waals surface area (Å²) in [4.78, 5) is 14.7. The molecule has 1 aliphatic rings. The molecule has 0 radical (unpaired) electrons. The fourth-order valence-corrected chi connectivity index (χ4v) is 2.98. The molecule has 1 fully saturated rings. The lowest BCUT2D eigenvalue weighted by molar-refractivity contribution is -0.690. The van der Waals surface area contributed by atoms with Crippen LogP contribution in [0.25, 0.3) is 0 Å². The first-order valence-corrected chi connectivity index (χ1v) is 8.87. The fourth-order valence-electron chi connectivity index (χ4n) is 2.98. The van der Waals surface area contributed by atoms with E-state index in [0.717, 1.165) is 44.1 Å². The fraction of sp³-hybridized carbons (Fsp3) is 0.400. The smallest absolute Gasteiger partial charge is 0.290 e. The van der Waals surface area contributed by atoms with Gasteiger partial charge in [0.1, 0.15) is 0 Å². The zero-order valence-corrected chi connectivity index (χ0v) is 15.0. The quantitative estimate of drug-likeness (QED) is 0.850. The molecule has 0 spiro atoms. The lowest BCUT2D eigenvalue weighted by Crippen LogP contribution is -2.43. The zero-order chi connectivity index (χ0) is 17.6. The first kappa shape index (κ1) is 17.4. The number of aromatic nitrogens is 1. The van der Waals surface area contributed by atoms with Crippen LogP contribution in [-0.2, 0) is 22.5 Å². The molecule has 0 atom stereocenters. The zero-order valence-electron chi connectivity index (χ0n) is 15.0. The average Bonchev–Trinajstić information content (AvgIpc) is 2.65. The Morgan fingerprint density at radius 2 is 1.88 bits per heavy atom. The number of morpholine rings is 1. The van der Waals surface area contributed by atoms with Crippen molar-refractivity contribution < 1.29 is 14.1 Å². The van der Waals surface area contributed by atoms with Gasteiger partial charge in [0.05, 0.1) is 13.2 Å². The minimum absolute atomic E-state index is 0.0134. The number of amides is 1. The molecule has 5 heteroatoms. The number of rotatable bonds is 5. The van der Waals surface area contributed by atoms with Crippen molar-refractivity contribution in [2.45, 2.75) is 26.8 Å². The number of benzene rings is 1. The maximum Gasteiger partial charge on any atom is 0.290 e. The van der Waals surface area contributed by atoms with Crippen LogP contribution in [0.4, 0.5) is 11.4 Å². The molecule has 0 unspecified atom stereocenters. The van der Waals surface area contributed by atoms with Crippen molar-refractivity contribution in [1.29, 1.82) is 0 Å². The molecule has 1 amide bonds. The van der Waals surface area contributed by atoms with Gasteiger partial charge < -0.3 is 15.0 Å². The van der Waals surface area contributed by atoms with Gasteiger partial charge in [-0.05, 0) is 36.8 Å². The highest BCUT2D eigenvalue weighted by atomic mass is 16.5. The van der Waals surface area contributed by atoms with E-state index in [2.05, 4.69) is 47.6 Å². The number of nitrogens with one attached hydrogen (secondary N) is 1. The number of nitrogens with zero attached hydrogens (tertiary/aromatic N) is 2. The van der Waals surface area contributed by atoms with Gasteiger partial charge in [0.2, 0.25) is 6.54 Å². The predicted octanol–water partition coefficient (Wildman–Crippen LogP) is 2.32. The average molecular weight is 340 g/mol. The van der Waals surface area contributed by atoms with Gasteiger partial charge in [-0.15, -0.1) is 0 Å². The van der Waals surface area contributed by atoms with Crippen molar-refractivity contribution in [3.8, 4) is 0 Å². The van der Waals surface area contributed by atoms with E-state index in [1.54, 1.807) is 0 Å². The number of ether oxygens (including phenoxy) is 1. The number of anilines is 2. The largest absolute Gasteiger partial charge is 0.378 e. The summed E-state index contributed by atoms with van der Waals surface area (Å²) in [5, 5.41) is 2.98. The Kier molecular flexibility index (Phi) is 5.66. The first-order valence-electron chi connectivity index (χ1n) is 8.87. The molecule has 25 heavy (non-hydrogen) atoms. The van der Waals surface area contributed by atoms with E-state index in [1.807, 2.05) is 23.6 Å². The maximum atomic E-state index is 12.4. The monoisotopic (exact) mass is 340 g/mol. The number of pyridine rings is 1. The van der Waals surface area contributed by atoms with Gasteiger partial charge in [-0.2, -0.15) is 4.57 Å². The highest BCUT2D eigenvalue weighted by Crippen LogP contribution is 2.19. The Hall–Kier alpha value is -2.40. The summed E-state index contributed by atoms with van der Waals surface area (Å²) in [7, 11) is 0. The lowest BCUT2D eigenvalue weighted by atomic mass is 10.2. The van der Waals surface area contributed by atoms with Crippen LogP contribution in [0, 0.1) is 6.92 Å². The number of aryl methyl sites for hydroxylation is 2. The molecule has 0 saturated carbocycles. The maximum absolute atomic E-state index is 12.4. The van der Waals surface area contributed by atoms with Crippen molar-refractivity contribution >= 4 is 17.3 Å². The number of carbonyl (C=O) groups excluding carboxylic acids is 1. The number of hydrogen-bond acceptors (Lipinski definition) is 3. The summed E-state index contributed by atoms with van der Waals surface area (Å²) in [6.45, 7) is 7.82. The van der Waals surface area contributed by atoms with E-state index >= 15 is 0 Å². The van der Waals surface area contributed by atoms with Gasteiger partial charge >= 0.3 is 0 Å². The van der Waals surface area contributed by atoms with Gasteiger partial charge in [0.25, 0.3) is 5.91 Å². The van der Waals surface area contributed by atoms with Crippen LogP contribution >= 0.6 is 0 Å². The Labute approximate surface area is 149 Å². The van der Waals surface area contributed by atoms with Crippen LogP contribution in [0.15, 0.2) is 42.6 Å². The molecule has 1 N–H and O–H groups in total. The topological polar surface area (TPSA) is 45.5 Å². The normalized spacial score (nSPS) is 14.4. The van der Waals surface area contributed by atoms with E-state index in [4.69, 9.17) is 4.74 Å². The summed E-state index contributed by atoms with van der Waals surface area (Å²) >= 11 is 0. The number of carbonyl (C=O) groups is 1. The van der Waals surface area contributed by atoms with Crippen molar-refractivity contribution in [2.24, 2.45) is 0 Å². The van der Waals surface area contributed by atoms with Crippen LogP contribution in [0.2, 0.25) is 0 Å². The molecule has 0 bridgehead atoms. The molecule has 2 heterocycles. The van der Waals surface area contributed by atoms with Crippen LogP contribution in [0.1, 0.15) is 18.2 Å². The summed E-state index contributed by atoms with van der Waals surface area (Å²) in [6, 6.07) is 12.2. The Morgan fingerprint density at radius 3 is 2.56 bits per heavy atom.